The molecule has 0 radical (unpaired) electrons. The molecule has 6 nitrogen and oxygen atoms in total. The molecule has 1 saturated heterocycles. The van der Waals surface area contributed by atoms with Crippen LogP contribution in [0.25, 0.3) is 0 Å². The quantitative estimate of drug-likeness (QED) is 0.325. The summed E-state index contributed by atoms with van der Waals surface area (Å²) in [4.78, 5) is 11.1. The van der Waals surface area contributed by atoms with E-state index in [1.54, 1.807) is 0 Å². The number of aromatic nitrogens is 2. The average molecular weight is 510 g/mol. The van der Waals surface area contributed by atoms with Crippen LogP contribution in [0.3, 0.4) is 0 Å². The third-order valence-corrected chi connectivity index (χ3v) is 5.54. The van der Waals surface area contributed by atoms with E-state index in [9.17, 15) is 0 Å². The number of piperidine rings is 1. The Hall–Kier alpha value is -1.61. The molecule has 7 heteroatoms. The molecule has 1 aromatic carbocycles. The maximum atomic E-state index is 4.36. The maximum absolute atomic E-state index is 4.36. The van der Waals surface area contributed by atoms with Crippen LogP contribution in [-0.2, 0) is 13.1 Å². The number of imidazole rings is 1. The number of hydrogen-bond donors (Lipinski definition) is 2. The van der Waals surface area contributed by atoms with Gasteiger partial charge in [0.1, 0.15) is 0 Å². The van der Waals surface area contributed by atoms with Gasteiger partial charge in [-0.25, -0.2) is 4.98 Å². The van der Waals surface area contributed by atoms with Crippen LogP contribution in [0.15, 0.2) is 48.0 Å². The van der Waals surface area contributed by atoms with Crippen LogP contribution < -0.4 is 10.6 Å². The molecule has 2 heterocycles. The Labute approximate surface area is 192 Å². The number of hydrogen-bond acceptors (Lipinski definition) is 3. The van der Waals surface area contributed by atoms with Gasteiger partial charge in [0.2, 0.25) is 0 Å². The minimum Gasteiger partial charge on any atom is -0.355 e. The van der Waals surface area contributed by atoms with E-state index in [1.165, 1.54) is 43.4 Å². The van der Waals surface area contributed by atoms with Crippen molar-refractivity contribution < 1.29 is 0 Å². The molecule has 1 fully saturated rings. The number of benzene rings is 1. The molecular formula is C22H35IN6. The van der Waals surface area contributed by atoms with E-state index in [4.69, 9.17) is 0 Å². The van der Waals surface area contributed by atoms with E-state index in [0.29, 0.717) is 0 Å². The highest BCUT2D eigenvalue weighted by Crippen LogP contribution is 2.18. The number of rotatable bonds is 8. The second-order valence-corrected chi connectivity index (χ2v) is 7.50. The van der Waals surface area contributed by atoms with E-state index in [0.717, 1.165) is 38.2 Å². The fourth-order valence-electron chi connectivity index (χ4n) is 3.89. The molecular weight excluding hydrogens is 475 g/mol. The number of likely N-dealkylation sites (tertiary alicyclic amines) is 1. The van der Waals surface area contributed by atoms with Crippen molar-refractivity contribution in [2.75, 3.05) is 26.7 Å². The largest absolute Gasteiger partial charge is 0.355 e. The van der Waals surface area contributed by atoms with Crippen molar-refractivity contribution in [1.29, 1.82) is 0 Å². The van der Waals surface area contributed by atoms with Crippen LogP contribution in [0.4, 0.5) is 0 Å². The Kier molecular flexibility index (Phi) is 10.5. The Bertz CT molecular complexity index is 713. The molecule has 2 aromatic rings. The molecule has 1 aromatic heterocycles. The highest BCUT2D eigenvalue weighted by molar-refractivity contribution is 14.0. The maximum Gasteiger partial charge on any atom is 0.191 e. The average Bonchev–Trinajstić information content (AvgIpc) is 3.25. The lowest BCUT2D eigenvalue weighted by Gasteiger charge is -2.35. The molecule has 1 aliphatic rings. The summed E-state index contributed by atoms with van der Waals surface area (Å²) in [5.41, 5.74) is 2.52. The lowest BCUT2D eigenvalue weighted by Crippen LogP contribution is -2.45. The van der Waals surface area contributed by atoms with Crippen LogP contribution in [0, 0.1) is 0 Å². The monoisotopic (exact) mass is 510 g/mol. The van der Waals surface area contributed by atoms with E-state index in [2.05, 4.69) is 61.3 Å². The summed E-state index contributed by atoms with van der Waals surface area (Å²) < 4.78 is 2.07. The van der Waals surface area contributed by atoms with E-state index >= 15 is 0 Å². The molecule has 160 valence electrons. The van der Waals surface area contributed by atoms with Crippen LogP contribution in [0.5, 0.6) is 0 Å². The topological polar surface area (TPSA) is 57.5 Å². The molecule has 1 atom stereocenters. The third kappa shape index (κ3) is 7.62. The van der Waals surface area contributed by atoms with Gasteiger partial charge in [-0.05, 0) is 36.9 Å². The van der Waals surface area contributed by atoms with Gasteiger partial charge >= 0.3 is 0 Å². The molecule has 0 aliphatic carbocycles. The Balaban J connectivity index is 0.00000300. The fraction of sp³-hybridized carbons (Fsp3) is 0.545. The minimum absolute atomic E-state index is 0. The zero-order valence-electron chi connectivity index (χ0n) is 17.7. The summed E-state index contributed by atoms with van der Waals surface area (Å²) in [6.07, 6.45) is 11.0. The first kappa shape index (κ1) is 23.7. The van der Waals surface area contributed by atoms with Crippen molar-refractivity contribution >= 4 is 29.9 Å². The SMILES string of the molecule is CCC1CCCCN1CCNC(=NC)NCc1ccc(Cn2ccnc2)cc1.I. The number of nitrogens with one attached hydrogen (secondary N) is 2. The molecule has 3 rings (SSSR count). The highest BCUT2D eigenvalue weighted by Gasteiger charge is 2.19. The van der Waals surface area contributed by atoms with Gasteiger partial charge in [0.15, 0.2) is 5.96 Å². The Morgan fingerprint density at radius 3 is 2.66 bits per heavy atom. The standard InChI is InChI=1S/C22H34N6.HI/c1-3-21-6-4-5-13-28(21)15-12-25-22(23-2)26-16-19-7-9-20(10-8-19)17-27-14-11-24-18-27;/h7-11,14,18,21H,3-6,12-13,15-17H2,1-2H3,(H2,23,25,26);1H. The van der Waals surface area contributed by atoms with Crippen LogP contribution >= 0.6 is 24.0 Å². The molecule has 0 bridgehead atoms. The lowest BCUT2D eigenvalue weighted by atomic mass is 10.0. The first-order chi connectivity index (χ1) is 13.8. The molecule has 1 unspecified atom stereocenters. The smallest absolute Gasteiger partial charge is 0.191 e. The number of nitrogens with zero attached hydrogens (tertiary/aromatic N) is 4. The van der Waals surface area contributed by atoms with Gasteiger partial charge in [0, 0.05) is 51.7 Å². The van der Waals surface area contributed by atoms with Gasteiger partial charge in [-0.1, -0.05) is 37.6 Å². The summed E-state index contributed by atoms with van der Waals surface area (Å²) in [7, 11) is 1.83. The van der Waals surface area contributed by atoms with E-state index in [1.807, 2.05) is 25.8 Å². The Morgan fingerprint density at radius 2 is 1.97 bits per heavy atom. The summed E-state index contributed by atoms with van der Waals surface area (Å²) in [6, 6.07) is 9.45. The van der Waals surface area contributed by atoms with Crippen LogP contribution in [0.1, 0.15) is 43.7 Å². The van der Waals surface area contributed by atoms with Crippen molar-refractivity contribution in [2.45, 2.75) is 51.7 Å². The normalized spacial score (nSPS) is 17.6. The second kappa shape index (κ2) is 12.8. The molecule has 1 aliphatic heterocycles. The summed E-state index contributed by atoms with van der Waals surface area (Å²) in [6.45, 7) is 7.18. The van der Waals surface area contributed by atoms with Crippen molar-refractivity contribution in [1.82, 2.24) is 25.1 Å². The first-order valence-electron chi connectivity index (χ1n) is 10.5. The molecule has 0 spiro atoms. The van der Waals surface area contributed by atoms with Crippen LogP contribution in [-0.4, -0.2) is 53.1 Å². The molecule has 0 saturated carbocycles. The van der Waals surface area contributed by atoms with Gasteiger partial charge in [-0.15, -0.1) is 24.0 Å². The lowest BCUT2D eigenvalue weighted by molar-refractivity contribution is 0.147. The van der Waals surface area contributed by atoms with E-state index < -0.39 is 0 Å². The summed E-state index contributed by atoms with van der Waals surface area (Å²) >= 11 is 0. The summed E-state index contributed by atoms with van der Waals surface area (Å²) in [5, 5.41) is 6.88. The third-order valence-electron chi connectivity index (χ3n) is 5.54. The van der Waals surface area contributed by atoms with Crippen molar-refractivity contribution in [2.24, 2.45) is 4.99 Å². The van der Waals surface area contributed by atoms with Crippen LogP contribution in [0.2, 0.25) is 0 Å². The zero-order chi connectivity index (χ0) is 19.6. The number of halogens is 1. The highest BCUT2D eigenvalue weighted by atomic mass is 127. The van der Waals surface area contributed by atoms with E-state index in [-0.39, 0.29) is 24.0 Å². The predicted molar refractivity (Wildman–Crippen MR) is 131 cm³/mol. The molecule has 2 N–H and O–H groups in total. The Morgan fingerprint density at radius 1 is 1.17 bits per heavy atom. The zero-order valence-corrected chi connectivity index (χ0v) is 20.0. The minimum atomic E-state index is 0. The van der Waals surface area contributed by atoms with Gasteiger partial charge < -0.3 is 15.2 Å². The molecule has 0 amide bonds. The van der Waals surface area contributed by atoms with Crippen molar-refractivity contribution in [3.8, 4) is 0 Å². The van der Waals surface area contributed by atoms with Gasteiger partial charge in [-0.2, -0.15) is 0 Å². The predicted octanol–water partition coefficient (Wildman–Crippen LogP) is 3.48. The summed E-state index contributed by atoms with van der Waals surface area (Å²) in [5.74, 6) is 0.868. The van der Waals surface area contributed by atoms with Crippen molar-refractivity contribution in [3.05, 3.63) is 54.1 Å². The second-order valence-electron chi connectivity index (χ2n) is 7.50. The first-order valence-corrected chi connectivity index (χ1v) is 10.5. The van der Waals surface area contributed by atoms with Gasteiger partial charge in [0.25, 0.3) is 0 Å². The fourth-order valence-corrected chi connectivity index (χ4v) is 3.89. The molecule has 29 heavy (non-hydrogen) atoms. The van der Waals surface area contributed by atoms with Crippen molar-refractivity contribution in [3.63, 3.8) is 0 Å². The van der Waals surface area contributed by atoms with Gasteiger partial charge in [-0.3, -0.25) is 9.89 Å². The number of aliphatic imine (C=N–C) groups is 1. The number of guanidine groups is 1. The van der Waals surface area contributed by atoms with Gasteiger partial charge in [0.05, 0.1) is 6.33 Å².